The molecule has 1 aliphatic rings. The Balaban J connectivity index is 1.68. The first-order valence-electron chi connectivity index (χ1n) is 7.00. The summed E-state index contributed by atoms with van der Waals surface area (Å²) in [4.78, 5) is 24.9. The summed E-state index contributed by atoms with van der Waals surface area (Å²) in [6, 6.07) is 6.59. The number of aliphatic carboxylic acids is 1. The van der Waals surface area contributed by atoms with Gasteiger partial charge in [0.1, 0.15) is 12.4 Å². The average Bonchev–Trinajstić information content (AvgIpc) is 3.19. The van der Waals surface area contributed by atoms with Gasteiger partial charge in [-0.1, -0.05) is 12.1 Å². The van der Waals surface area contributed by atoms with E-state index >= 15 is 0 Å². The van der Waals surface area contributed by atoms with Crippen molar-refractivity contribution in [1.29, 1.82) is 0 Å². The van der Waals surface area contributed by atoms with Crippen molar-refractivity contribution in [3.05, 3.63) is 36.2 Å². The molecule has 2 heterocycles. The van der Waals surface area contributed by atoms with E-state index in [2.05, 4.69) is 15.5 Å². The highest BCUT2D eigenvalue weighted by molar-refractivity contribution is 5.85. The second kappa shape index (κ2) is 5.92. The van der Waals surface area contributed by atoms with Gasteiger partial charge in [-0.2, -0.15) is 0 Å². The topological polar surface area (TPSA) is 101 Å². The Morgan fingerprint density at radius 1 is 1.27 bits per heavy atom. The molecule has 1 aromatic heterocycles. The summed E-state index contributed by atoms with van der Waals surface area (Å²) in [6.45, 7) is 0.512. The van der Waals surface area contributed by atoms with Crippen LogP contribution in [0.25, 0.3) is 5.69 Å². The summed E-state index contributed by atoms with van der Waals surface area (Å²) in [5.41, 5.74) is 1.63. The summed E-state index contributed by atoms with van der Waals surface area (Å²) in [6.07, 6.45) is 2.95. The third-order valence-electron chi connectivity index (χ3n) is 3.76. The van der Waals surface area contributed by atoms with Gasteiger partial charge in [-0.25, -0.2) is 9.48 Å². The molecular formula is C14H15N5O3. The van der Waals surface area contributed by atoms with Crippen LogP contribution in [0.4, 0.5) is 0 Å². The third-order valence-corrected chi connectivity index (χ3v) is 3.76. The van der Waals surface area contributed by atoms with Crippen molar-refractivity contribution in [2.75, 3.05) is 6.54 Å². The van der Waals surface area contributed by atoms with Gasteiger partial charge in [0.25, 0.3) is 0 Å². The number of carbonyl (C=O) groups is 2. The maximum atomic E-state index is 12.3. The molecular weight excluding hydrogens is 286 g/mol. The van der Waals surface area contributed by atoms with Crippen LogP contribution in [0.3, 0.4) is 0 Å². The molecule has 1 amide bonds. The van der Waals surface area contributed by atoms with E-state index in [9.17, 15) is 9.59 Å². The first-order chi connectivity index (χ1) is 10.6. The van der Waals surface area contributed by atoms with E-state index < -0.39 is 12.0 Å². The maximum Gasteiger partial charge on any atom is 0.326 e. The number of carboxylic acids is 1. The first kappa shape index (κ1) is 14.2. The molecule has 1 atom stereocenters. The Bertz CT molecular complexity index is 668. The molecule has 1 aromatic carbocycles. The normalized spacial score (nSPS) is 17.6. The lowest BCUT2D eigenvalue weighted by Gasteiger charge is -2.21. The van der Waals surface area contributed by atoms with Gasteiger partial charge < -0.3 is 10.0 Å². The Kier molecular flexibility index (Phi) is 3.82. The van der Waals surface area contributed by atoms with E-state index in [0.29, 0.717) is 13.0 Å². The van der Waals surface area contributed by atoms with Crippen LogP contribution >= 0.6 is 0 Å². The third kappa shape index (κ3) is 2.80. The average molecular weight is 301 g/mol. The molecule has 1 saturated heterocycles. The minimum absolute atomic E-state index is 0.153. The van der Waals surface area contributed by atoms with Crippen molar-refractivity contribution >= 4 is 11.9 Å². The van der Waals surface area contributed by atoms with Gasteiger partial charge in [0.2, 0.25) is 5.91 Å². The van der Waals surface area contributed by atoms with Crippen LogP contribution in [0.5, 0.6) is 0 Å². The summed E-state index contributed by atoms with van der Waals surface area (Å²) in [7, 11) is 0. The first-order valence-corrected chi connectivity index (χ1v) is 7.00. The molecule has 2 aromatic rings. The quantitative estimate of drug-likeness (QED) is 0.870. The zero-order valence-corrected chi connectivity index (χ0v) is 11.8. The van der Waals surface area contributed by atoms with E-state index in [4.69, 9.17) is 5.11 Å². The number of hydrogen-bond acceptors (Lipinski definition) is 5. The van der Waals surface area contributed by atoms with E-state index in [-0.39, 0.29) is 12.3 Å². The van der Waals surface area contributed by atoms with Crippen molar-refractivity contribution in [3.63, 3.8) is 0 Å². The standard InChI is InChI=1S/C14H15N5O3/c20-13(18-7-1-2-12(18)14(21)22)8-10-3-5-11(6-4-10)19-9-15-16-17-19/h3-6,9,12H,1-2,7-8H2,(H,21,22)/t12-/m0/s1. The van der Waals surface area contributed by atoms with Crippen LogP contribution in [0.1, 0.15) is 18.4 Å². The van der Waals surface area contributed by atoms with Crippen molar-refractivity contribution in [2.45, 2.75) is 25.3 Å². The van der Waals surface area contributed by atoms with Crippen LogP contribution in [-0.2, 0) is 16.0 Å². The largest absolute Gasteiger partial charge is 0.480 e. The number of amides is 1. The van der Waals surface area contributed by atoms with Crippen molar-refractivity contribution < 1.29 is 14.7 Å². The number of benzene rings is 1. The molecule has 114 valence electrons. The van der Waals surface area contributed by atoms with Crippen molar-refractivity contribution in [3.8, 4) is 5.69 Å². The lowest BCUT2D eigenvalue weighted by Crippen LogP contribution is -2.41. The number of hydrogen-bond donors (Lipinski definition) is 1. The van der Waals surface area contributed by atoms with Crippen LogP contribution in [0.2, 0.25) is 0 Å². The van der Waals surface area contributed by atoms with E-state index in [1.54, 1.807) is 0 Å². The molecule has 0 unspecified atom stereocenters. The van der Waals surface area contributed by atoms with Crippen LogP contribution in [-0.4, -0.2) is 54.7 Å². The monoisotopic (exact) mass is 301 g/mol. The number of carbonyl (C=O) groups excluding carboxylic acids is 1. The predicted octanol–water partition coefficient (Wildman–Crippen LogP) is 0.280. The highest BCUT2D eigenvalue weighted by Gasteiger charge is 2.33. The van der Waals surface area contributed by atoms with E-state index in [0.717, 1.165) is 17.7 Å². The molecule has 0 spiro atoms. The number of aromatic nitrogens is 4. The number of nitrogens with zero attached hydrogens (tertiary/aromatic N) is 5. The van der Waals surface area contributed by atoms with Crippen molar-refractivity contribution in [1.82, 2.24) is 25.1 Å². The van der Waals surface area contributed by atoms with Gasteiger partial charge in [-0.3, -0.25) is 4.79 Å². The molecule has 0 radical (unpaired) electrons. The van der Waals surface area contributed by atoms with Gasteiger partial charge in [-0.05, 0) is 41.0 Å². The Morgan fingerprint density at radius 3 is 2.68 bits per heavy atom. The maximum absolute atomic E-state index is 12.3. The zero-order chi connectivity index (χ0) is 15.5. The highest BCUT2D eigenvalue weighted by atomic mass is 16.4. The van der Waals surface area contributed by atoms with Crippen LogP contribution < -0.4 is 0 Å². The summed E-state index contributed by atoms with van der Waals surface area (Å²) in [5.74, 6) is -1.08. The smallest absolute Gasteiger partial charge is 0.326 e. The van der Waals surface area contributed by atoms with Crippen LogP contribution in [0, 0.1) is 0 Å². The second-order valence-electron chi connectivity index (χ2n) is 5.18. The minimum Gasteiger partial charge on any atom is -0.480 e. The number of tetrazole rings is 1. The fourth-order valence-electron chi connectivity index (χ4n) is 2.64. The second-order valence-corrected chi connectivity index (χ2v) is 5.18. The molecule has 0 aliphatic carbocycles. The lowest BCUT2D eigenvalue weighted by atomic mass is 10.1. The van der Waals surface area contributed by atoms with Gasteiger partial charge in [0, 0.05) is 6.54 Å². The van der Waals surface area contributed by atoms with E-state index in [1.807, 2.05) is 24.3 Å². The van der Waals surface area contributed by atoms with Gasteiger partial charge in [-0.15, -0.1) is 5.10 Å². The SMILES string of the molecule is O=C(O)[C@@H]1CCCN1C(=O)Cc1ccc(-n2cnnn2)cc1. The summed E-state index contributed by atoms with van der Waals surface area (Å²) < 4.78 is 1.52. The number of likely N-dealkylation sites (tertiary alicyclic amines) is 1. The molecule has 1 N–H and O–H groups in total. The predicted molar refractivity (Wildman–Crippen MR) is 75.2 cm³/mol. The summed E-state index contributed by atoms with van der Waals surface area (Å²) >= 11 is 0. The highest BCUT2D eigenvalue weighted by Crippen LogP contribution is 2.19. The van der Waals surface area contributed by atoms with Gasteiger partial charge in [0.15, 0.2) is 0 Å². The molecule has 22 heavy (non-hydrogen) atoms. The van der Waals surface area contributed by atoms with Crippen molar-refractivity contribution in [2.24, 2.45) is 0 Å². The fraction of sp³-hybridized carbons (Fsp3) is 0.357. The molecule has 8 heteroatoms. The van der Waals surface area contributed by atoms with Crippen LogP contribution in [0.15, 0.2) is 30.6 Å². The van der Waals surface area contributed by atoms with Gasteiger partial charge >= 0.3 is 5.97 Å². The molecule has 1 aliphatic heterocycles. The molecule has 0 saturated carbocycles. The number of carboxylic acid groups (broad SMARTS) is 1. The zero-order valence-electron chi connectivity index (χ0n) is 11.8. The summed E-state index contributed by atoms with van der Waals surface area (Å²) in [5, 5.41) is 20.0. The number of rotatable bonds is 4. The van der Waals surface area contributed by atoms with E-state index in [1.165, 1.54) is 15.9 Å². The van der Waals surface area contributed by atoms with Gasteiger partial charge in [0.05, 0.1) is 12.1 Å². The Morgan fingerprint density at radius 2 is 2.05 bits per heavy atom. The lowest BCUT2D eigenvalue weighted by molar-refractivity contribution is -0.148. The molecule has 0 bridgehead atoms. The Labute approximate surface area is 126 Å². The molecule has 1 fully saturated rings. The Hall–Kier alpha value is -2.77. The molecule has 3 rings (SSSR count). The minimum atomic E-state index is -0.931. The fourth-order valence-corrected chi connectivity index (χ4v) is 2.64. The molecule has 8 nitrogen and oxygen atoms in total.